The lowest BCUT2D eigenvalue weighted by atomic mass is 9.48. The molecule has 0 radical (unpaired) electrons. The van der Waals surface area contributed by atoms with Crippen LogP contribution < -0.4 is 21.2 Å². The molecule has 0 aromatic heterocycles. The molecule has 6 rings (SSSR count). The van der Waals surface area contributed by atoms with Gasteiger partial charge in [0.15, 0.2) is 7.14 Å². The molecule has 4 nitrogen and oxygen atoms in total. The Morgan fingerprint density at radius 2 is 1.41 bits per heavy atom. The second-order valence-electron chi connectivity index (χ2n) is 13.7. The van der Waals surface area contributed by atoms with Crippen molar-refractivity contribution in [1.29, 1.82) is 0 Å². The summed E-state index contributed by atoms with van der Waals surface area (Å²) in [6.07, 6.45) is 0.722. The molecule has 4 aliphatic rings. The molecule has 0 aliphatic heterocycles. The number of alkyl halides is 2. The van der Waals surface area contributed by atoms with E-state index in [2.05, 4.69) is 45.0 Å². The van der Waals surface area contributed by atoms with Crippen LogP contribution in [0.5, 0.6) is 0 Å². The van der Waals surface area contributed by atoms with Gasteiger partial charge >= 0.3 is 33.3 Å². The van der Waals surface area contributed by atoms with Gasteiger partial charge in [0.25, 0.3) is 0 Å². The van der Waals surface area contributed by atoms with Crippen LogP contribution in [0, 0.1) is 24.4 Å². The van der Waals surface area contributed by atoms with E-state index in [0.717, 1.165) is 32.1 Å². The lowest BCUT2D eigenvalue weighted by Gasteiger charge is -2.59. The van der Waals surface area contributed by atoms with Gasteiger partial charge in [0, 0.05) is 5.41 Å². The Balaban J connectivity index is 1.19. The SMILES string of the molecule is CC(C)(C)c1ccc([I+]c2ccc(C(C)(C)OC(F)(F)C(=O)OCC34CC5CC(CC(O)(C5)C3)C4)cc2)cc1. The van der Waals surface area contributed by atoms with Crippen molar-refractivity contribution in [3.63, 3.8) is 0 Å². The number of hydrogen-bond acceptors (Lipinski definition) is 4. The molecule has 4 aliphatic carbocycles. The lowest BCUT2D eigenvalue weighted by molar-refractivity contribution is -0.597. The fraction of sp³-hybridized carbons (Fsp3) is 0.594. The molecule has 4 saturated carbocycles. The van der Waals surface area contributed by atoms with Crippen LogP contribution in [0.1, 0.15) is 84.3 Å². The van der Waals surface area contributed by atoms with Crippen molar-refractivity contribution in [2.45, 2.75) is 95.9 Å². The maximum atomic E-state index is 15.0. The maximum absolute atomic E-state index is 15.0. The number of carbonyl (C=O) groups excluding carboxylic acids is 1. The third-order valence-corrected chi connectivity index (χ3v) is 11.4. The van der Waals surface area contributed by atoms with E-state index in [9.17, 15) is 18.7 Å². The molecular formula is C32H40F2IO4+. The molecule has 4 bridgehead atoms. The zero-order valence-corrected chi connectivity index (χ0v) is 25.7. The van der Waals surface area contributed by atoms with Gasteiger partial charge < -0.3 is 14.6 Å². The highest BCUT2D eigenvalue weighted by Crippen LogP contribution is 2.61. The quantitative estimate of drug-likeness (QED) is 0.348. The van der Waals surface area contributed by atoms with E-state index in [-0.39, 0.29) is 12.0 Å². The van der Waals surface area contributed by atoms with Crippen molar-refractivity contribution in [3.8, 4) is 0 Å². The lowest BCUT2D eigenvalue weighted by Crippen LogP contribution is -3.61. The van der Waals surface area contributed by atoms with Crippen LogP contribution >= 0.6 is 0 Å². The van der Waals surface area contributed by atoms with E-state index in [1.165, 1.54) is 26.6 Å². The van der Waals surface area contributed by atoms with Gasteiger partial charge in [-0.25, -0.2) is 4.79 Å². The average Bonchev–Trinajstić information content (AvgIpc) is 2.80. The molecular weight excluding hydrogens is 613 g/mol. The summed E-state index contributed by atoms with van der Waals surface area (Å²) in [5.41, 5.74) is -0.569. The number of carbonyl (C=O) groups is 1. The zero-order valence-electron chi connectivity index (χ0n) is 23.5. The van der Waals surface area contributed by atoms with E-state index in [1.807, 2.05) is 12.1 Å². The van der Waals surface area contributed by atoms with Crippen molar-refractivity contribution < 1.29 is 49.4 Å². The number of hydrogen-bond donors (Lipinski definition) is 1. The van der Waals surface area contributed by atoms with E-state index in [0.29, 0.717) is 23.8 Å². The van der Waals surface area contributed by atoms with Gasteiger partial charge in [-0.15, -0.1) is 0 Å². The Morgan fingerprint density at radius 3 is 1.90 bits per heavy atom. The largest absolute Gasteiger partial charge is 0.459 e. The second-order valence-corrected chi connectivity index (χ2v) is 16.8. The predicted molar refractivity (Wildman–Crippen MR) is 141 cm³/mol. The van der Waals surface area contributed by atoms with Crippen LogP contribution in [0.15, 0.2) is 48.5 Å². The highest BCUT2D eigenvalue weighted by molar-refractivity contribution is 5.76. The molecule has 7 heteroatoms. The normalized spacial score (nSPS) is 28.5. The van der Waals surface area contributed by atoms with E-state index in [1.54, 1.807) is 12.1 Å². The highest BCUT2D eigenvalue weighted by atomic mass is 127. The summed E-state index contributed by atoms with van der Waals surface area (Å²) in [6, 6.07) is 16.2. The summed E-state index contributed by atoms with van der Waals surface area (Å²) in [5.74, 6) is -0.878. The number of halogens is 3. The summed E-state index contributed by atoms with van der Waals surface area (Å²) >= 11 is -0.411. The molecule has 0 amide bonds. The van der Waals surface area contributed by atoms with E-state index < -0.39 is 49.9 Å². The molecule has 39 heavy (non-hydrogen) atoms. The first-order valence-electron chi connectivity index (χ1n) is 13.9. The smallest absolute Gasteiger partial charge is 0.456 e. The van der Waals surface area contributed by atoms with E-state index >= 15 is 0 Å². The van der Waals surface area contributed by atoms with Gasteiger partial charge in [-0.3, -0.25) is 0 Å². The predicted octanol–water partition coefficient (Wildman–Crippen LogP) is 3.83. The summed E-state index contributed by atoms with van der Waals surface area (Å²) in [6.45, 7) is 9.57. The zero-order chi connectivity index (χ0) is 28.3. The molecule has 212 valence electrons. The number of aliphatic hydroxyl groups is 1. The van der Waals surface area contributed by atoms with Crippen LogP contribution in [0.25, 0.3) is 0 Å². The summed E-state index contributed by atoms with van der Waals surface area (Å²) in [5, 5.41) is 10.9. The van der Waals surface area contributed by atoms with Gasteiger partial charge in [-0.1, -0.05) is 45.0 Å². The maximum Gasteiger partial charge on any atom is 0.456 e. The Hall–Kier alpha value is -1.58. The van der Waals surface area contributed by atoms with Crippen LogP contribution in [-0.2, 0) is 25.3 Å². The number of rotatable bonds is 8. The molecule has 2 unspecified atom stereocenters. The fourth-order valence-electron chi connectivity index (χ4n) is 7.35. The minimum absolute atomic E-state index is 0.0877. The fourth-order valence-corrected chi connectivity index (χ4v) is 9.51. The van der Waals surface area contributed by atoms with Crippen molar-refractivity contribution in [2.75, 3.05) is 6.61 Å². The van der Waals surface area contributed by atoms with Crippen molar-refractivity contribution in [1.82, 2.24) is 0 Å². The molecule has 4 fully saturated rings. The molecule has 2 aromatic rings. The average molecular weight is 654 g/mol. The number of esters is 1. The summed E-state index contributed by atoms with van der Waals surface area (Å²) < 4.78 is 42.7. The molecule has 2 aromatic carbocycles. The number of ether oxygens (including phenoxy) is 2. The minimum atomic E-state index is -4.08. The third-order valence-electron chi connectivity index (χ3n) is 8.75. The monoisotopic (exact) mass is 653 g/mol. The first kappa shape index (κ1) is 28.9. The van der Waals surface area contributed by atoms with Crippen LogP contribution in [0.2, 0.25) is 0 Å². The molecule has 2 atom stereocenters. The van der Waals surface area contributed by atoms with Gasteiger partial charge in [-0.2, -0.15) is 8.78 Å². The first-order valence-corrected chi connectivity index (χ1v) is 16.1. The summed E-state index contributed by atoms with van der Waals surface area (Å²) in [7, 11) is 0. The van der Waals surface area contributed by atoms with Crippen LogP contribution in [0.4, 0.5) is 8.78 Å². The van der Waals surface area contributed by atoms with Crippen molar-refractivity contribution in [2.24, 2.45) is 17.3 Å². The first-order chi connectivity index (χ1) is 18.1. The van der Waals surface area contributed by atoms with E-state index in [4.69, 9.17) is 9.47 Å². The minimum Gasteiger partial charge on any atom is -0.459 e. The van der Waals surface area contributed by atoms with Gasteiger partial charge in [-0.05, 0) is 105 Å². The van der Waals surface area contributed by atoms with Gasteiger partial charge in [0.1, 0.15) is 0 Å². The Kier molecular flexibility index (Phi) is 7.46. The van der Waals surface area contributed by atoms with Gasteiger partial charge in [0.05, 0.1) is 17.8 Å². The standard InChI is InChI=1S/C32H40F2IO4/c1-28(2,3)23-6-10-25(11-7-23)35-26-12-8-24(9-13-26)29(4,5)39-32(33,34)27(36)38-20-30-15-21-14-22(16-30)18-31(37,17-21)19-30/h6-13,21-22,37H,14-20H2,1-5H3/q+1. The Morgan fingerprint density at radius 1 is 0.897 bits per heavy atom. The highest BCUT2D eigenvalue weighted by Gasteiger charge is 2.58. The molecule has 0 saturated heterocycles. The molecule has 1 N–H and O–H groups in total. The second kappa shape index (κ2) is 10.1. The Labute approximate surface area is 241 Å². The van der Waals surface area contributed by atoms with Crippen LogP contribution in [0.3, 0.4) is 0 Å². The molecule has 0 heterocycles. The summed E-state index contributed by atoms with van der Waals surface area (Å²) in [4.78, 5) is 12.5. The molecule has 0 spiro atoms. The van der Waals surface area contributed by atoms with Crippen LogP contribution in [-0.4, -0.2) is 29.4 Å². The van der Waals surface area contributed by atoms with Crippen molar-refractivity contribution in [3.05, 3.63) is 66.8 Å². The van der Waals surface area contributed by atoms with Gasteiger partial charge in [0.2, 0.25) is 0 Å². The Bertz CT molecular complexity index is 1190. The third kappa shape index (κ3) is 6.35. The van der Waals surface area contributed by atoms with Crippen molar-refractivity contribution >= 4 is 5.97 Å². The number of benzene rings is 2. The topological polar surface area (TPSA) is 55.8 Å².